The van der Waals surface area contributed by atoms with Gasteiger partial charge in [0, 0.05) is 17.3 Å². The second-order valence-electron chi connectivity index (χ2n) is 10.3. The van der Waals surface area contributed by atoms with E-state index >= 15 is 4.39 Å². The number of halogens is 1. The molecule has 3 heteroatoms. The summed E-state index contributed by atoms with van der Waals surface area (Å²) in [5.74, 6) is -0.170. The van der Waals surface area contributed by atoms with Crippen molar-refractivity contribution in [3.05, 3.63) is 102 Å². The van der Waals surface area contributed by atoms with Crippen LogP contribution in [0.5, 0.6) is 0 Å². The molecule has 0 unspecified atom stereocenters. The van der Waals surface area contributed by atoms with E-state index in [0.29, 0.717) is 5.56 Å². The summed E-state index contributed by atoms with van der Waals surface area (Å²) >= 11 is 0. The van der Waals surface area contributed by atoms with Crippen LogP contribution in [0.4, 0.5) is 4.39 Å². The minimum absolute atomic E-state index is 0.0292. The average molecular weight is 427 g/mol. The van der Waals surface area contributed by atoms with Crippen LogP contribution in [0.3, 0.4) is 0 Å². The Morgan fingerprint density at radius 3 is 2.12 bits per heavy atom. The van der Waals surface area contributed by atoms with Crippen LogP contribution < -0.4 is 0 Å². The highest BCUT2D eigenvalue weighted by atomic mass is 19.1. The van der Waals surface area contributed by atoms with E-state index in [9.17, 15) is 0 Å². The van der Waals surface area contributed by atoms with Crippen molar-refractivity contribution in [2.75, 3.05) is 0 Å². The van der Waals surface area contributed by atoms with Crippen molar-refractivity contribution in [2.45, 2.75) is 51.9 Å². The Morgan fingerprint density at radius 1 is 0.781 bits per heavy atom. The molecule has 0 amide bonds. The summed E-state index contributed by atoms with van der Waals surface area (Å²) < 4.78 is 15.2. The molecule has 0 bridgehead atoms. The van der Waals surface area contributed by atoms with Crippen molar-refractivity contribution in [2.24, 2.45) is 0 Å². The molecule has 32 heavy (non-hydrogen) atoms. The van der Waals surface area contributed by atoms with Gasteiger partial charge >= 0.3 is 0 Å². The molecular weight excluding hydrogens is 395 g/mol. The summed E-state index contributed by atoms with van der Waals surface area (Å²) in [4.78, 5) is 0. The standard InChI is InChI=1S/C29H31FN2/c1-28(2,3)24-10-7-9-22(16-24)26-13-12-20(14-27(26)30)17-29(4,5)25-11-6-8-21(15-25)23-18-31-32-19-23/h6-16,18-19H,17H2,1-5H3,(H,31,32). The number of H-pyrrole nitrogens is 1. The maximum absolute atomic E-state index is 15.2. The van der Waals surface area contributed by atoms with Gasteiger partial charge in [0.05, 0.1) is 6.20 Å². The first-order chi connectivity index (χ1) is 15.1. The lowest BCUT2D eigenvalue weighted by Gasteiger charge is -2.26. The molecule has 0 saturated heterocycles. The molecule has 1 aromatic heterocycles. The van der Waals surface area contributed by atoms with Crippen molar-refractivity contribution >= 4 is 0 Å². The summed E-state index contributed by atoms with van der Waals surface area (Å²) in [6.45, 7) is 10.9. The Kier molecular flexibility index (Phi) is 5.77. The SMILES string of the molecule is CC(C)(C)c1cccc(-c2ccc(CC(C)(C)c3cccc(-c4cn[nH]c4)c3)cc2F)c1. The highest BCUT2D eigenvalue weighted by molar-refractivity contribution is 5.66. The largest absolute Gasteiger partial charge is 0.285 e. The molecule has 0 radical (unpaired) electrons. The molecule has 2 nitrogen and oxygen atoms in total. The first-order valence-corrected chi connectivity index (χ1v) is 11.1. The number of hydrogen-bond donors (Lipinski definition) is 1. The number of aromatic nitrogens is 2. The second-order valence-corrected chi connectivity index (χ2v) is 10.3. The Balaban J connectivity index is 1.59. The maximum Gasteiger partial charge on any atom is 0.131 e. The van der Waals surface area contributed by atoms with E-state index in [1.54, 1.807) is 6.07 Å². The van der Waals surface area contributed by atoms with E-state index in [2.05, 4.69) is 87.3 Å². The minimum atomic E-state index is -0.170. The summed E-state index contributed by atoms with van der Waals surface area (Å²) in [5, 5.41) is 6.92. The molecule has 0 saturated carbocycles. The fourth-order valence-electron chi connectivity index (χ4n) is 4.20. The van der Waals surface area contributed by atoms with E-state index in [1.807, 2.05) is 30.6 Å². The predicted molar refractivity (Wildman–Crippen MR) is 131 cm³/mol. The lowest BCUT2D eigenvalue weighted by Crippen LogP contribution is -2.20. The van der Waals surface area contributed by atoms with Gasteiger partial charge in [0.2, 0.25) is 0 Å². The summed E-state index contributed by atoms with van der Waals surface area (Å²) in [6, 6.07) is 22.4. The Bertz CT molecular complexity index is 1210. The van der Waals surface area contributed by atoms with E-state index in [4.69, 9.17) is 0 Å². The maximum atomic E-state index is 15.2. The third kappa shape index (κ3) is 4.67. The second kappa shape index (κ2) is 8.38. The van der Waals surface area contributed by atoms with E-state index in [-0.39, 0.29) is 16.6 Å². The molecule has 3 aromatic carbocycles. The van der Waals surface area contributed by atoms with Gasteiger partial charge in [0.1, 0.15) is 5.82 Å². The number of nitrogens with zero attached hydrogens (tertiary/aromatic N) is 1. The molecule has 1 heterocycles. The molecule has 4 aromatic rings. The zero-order valence-electron chi connectivity index (χ0n) is 19.5. The third-order valence-electron chi connectivity index (χ3n) is 6.19. The molecule has 0 fully saturated rings. The minimum Gasteiger partial charge on any atom is -0.285 e. The lowest BCUT2D eigenvalue weighted by atomic mass is 9.78. The van der Waals surface area contributed by atoms with Crippen molar-refractivity contribution < 1.29 is 4.39 Å². The fraction of sp³-hybridized carbons (Fsp3) is 0.276. The number of hydrogen-bond acceptors (Lipinski definition) is 1. The van der Waals surface area contributed by atoms with Gasteiger partial charge in [-0.25, -0.2) is 4.39 Å². The van der Waals surface area contributed by atoms with Gasteiger partial charge in [-0.3, -0.25) is 5.10 Å². The van der Waals surface area contributed by atoms with Crippen LogP contribution >= 0.6 is 0 Å². The summed E-state index contributed by atoms with van der Waals surface area (Å²) in [5.41, 5.74) is 7.09. The van der Waals surface area contributed by atoms with E-state index in [1.165, 1.54) is 11.1 Å². The number of benzene rings is 3. The topological polar surface area (TPSA) is 28.7 Å². The van der Waals surface area contributed by atoms with Gasteiger partial charge in [0.15, 0.2) is 0 Å². The quantitative estimate of drug-likeness (QED) is 0.348. The van der Waals surface area contributed by atoms with Crippen LogP contribution in [0.2, 0.25) is 0 Å². The van der Waals surface area contributed by atoms with Crippen LogP contribution in [-0.2, 0) is 17.3 Å². The van der Waals surface area contributed by atoms with Crippen molar-refractivity contribution in [1.29, 1.82) is 0 Å². The Morgan fingerprint density at radius 2 is 1.47 bits per heavy atom. The zero-order chi connectivity index (χ0) is 22.9. The number of aromatic amines is 1. The van der Waals surface area contributed by atoms with Crippen LogP contribution in [0.15, 0.2) is 79.1 Å². The van der Waals surface area contributed by atoms with Crippen LogP contribution in [0, 0.1) is 5.82 Å². The van der Waals surface area contributed by atoms with Gasteiger partial charge in [-0.1, -0.05) is 95.3 Å². The Labute approximate surface area is 190 Å². The molecule has 0 aliphatic carbocycles. The molecule has 0 aliphatic rings. The molecule has 0 spiro atoms. The zero-order valence-corrected chi connectivity index (χ0v) is 19.5. The third-order valence-corrected chi connectivity index (χ3v) is 6.19. The van der Waals surface area contributed by atoms with E-state index in [0.717, 1.165) is 28.7 Å². The average Bonchev–Trinajstić information content (AvgIpc) is 3.28. The highest BCUT2D eigenvalue weighted by Crippen LogP contribution is 2.33. The smallest absolute Gasteiger partial charge is 0.131 e. The van der Waals surface area contributed by atoms with Crippen LogP contribution in [0.25, 0.3) is 22.3 Å². The highest BCUT2D eigenvalue weighted by Gasteiger charge is 2.23. The first kappa shape index (κ1) is 22.0. The Hall–Kier alpha value is -3.20. The monoisotopic (exact) mass is 426 g/mol. The first-order valence-electron chi connectivity index (χ1n) is 11.1. The number of nitrogens with one attached hydrogen (secondary N) is 1. The summed E-state index contributed by atoms with van der Waals surface area (Å²) in [7, 11) is 0. The van der Waals surface area contributed by atoms with Gasteiger partial charge < -0.3 is 0 Å². The number of rotatable bonds is 5. The molecule has 164 valence electrons. The van der Waals surface area contributed by atoms with Crippen molar-refractivity contribution in [3.8, 4) is 22.3 Å². The molecule has 4 rings (SSSR count). The predicted octanol–water partition coefficient (Wildman–Crippen LogP) is 7.70. The van der Waals surface area contributed by atoms with Crippen LogP contribution in [-0.4, -0.2) is 10.2 Å². The van der Waals surface area contributed by atoms with Gasteiger partial charge in [-0.2, -0.15) is 5.10 Å². The fourth-order valence-corrected chi connectivity index (χ4v) is 4.20. The molecule has 0 aliphatic heterocycles. The molecule has 0 atom stereocenters. The molecule has 1 N–H and O–H groups in total. The van der Waals surface area contributed by atoms with Gasteiger partial charge in [-0.05, 0) is 51.1 Å². The summed E-state index contributed by atoms with van der Waals surface area (Å²) in [6.07, 6.45) is 4.48. The normalized spacial score (nSPS) is 12.2. The van der Waals surface area contributed by atoms with Crippen molar-refractivity contribution in [1.82, 2.24) is 10.2 Å². The van der Waals surface area contributed by atoms with Crippen molar-refractivity contribution in [3.63, 3.8) is 0 Å². The van der Waals surface area contributed by atoms with Gasteiger partial charge in [0.25, 0.3) is 0 Å². The van der Waals surface area contributed by atoms with Gasteiger partial charge in [-0.15, -0.1) is 0 Å². The van der Waals surface area contributed by atoms with Crippen LogP contribution in [0.1, 0.15) is 51.3 Å². The lowest BCUT2D eigenvalue weighted by molar-refractivity contribution is 0.520. The van der Waals surface area contributed by atoms with E-state index < -0.39 is 0 Å². The molecular formula is C29H31FN2.